The summed E-state index contributed by atoms with van der Waals surface area (Å²) in [7, 11) is 0. The third kappa shape index (κ3) is 4.25. The predicted molar refractivity (Wildman–Crippen MR) is 96.3 cm³/mol. The summed E-state index contributed by atoms with van der Waals surface area (Å²) in [6.07, 6.45) is -0.915. The lowest BCUT2D eigenvalue weighted by Crippen LogP contribution is -2.10. The number of rotatable bonds is 4. The van der Waals surface area contributed by atoms with Crippen LogP contribution in [0.4, 0.5) is 13.6 Å². The van der Waals surface area contributed by atoms with Gasteiger partial charge in [-0.2, -0.15) is 0 Å². The minimum absolute atomic E-state index is 0.0502. The second kappa shape index (κ2) is 7.75. The molecule has 0 bridgehead atoms. The number of benzene rings is 2. The van der Waals surface area contributed by atoms with Crippen LogP contribution in [0.1, 0.15) is 12.5 Å². The summed E-state index contributed by atoms with van der Waals surface area (Å²) in [5.41, 5.74) is 2.04. The Kier molecular flexibility index (Phi) is 5.41. The number of aryl methyl sites for hydroxylation is 1. The molecule has 0 radical (unpaired) electrons. The first-order valence-electron chi connectivity index (χ1n) is 8.05. The third-order valence-corrected chi connectivity index (χ3v) is 3.91. The van der Waals surface area contributed by atoms with Crippen LogP contribution in [0.2, 0.25) is 5.02 Å². The van der Waals surface area contributed by atoms with Gasteiger partial charge in [0, 0.05) is 11.6 Å². The molecule has 5 nitrogen and oxygen atoms in total. The molecule has 8 heteroatoms. The Bertz CT molecular complexity index is 984. The fraction of sp³-hybridized carbons (Fsp3) is 0.158. The zero-order chi connectivity index (χ0) is 19.6. The Balaban J connectivity index is 2.12. The number of nitrogens with zero attached hydrogens (tertiary/aromatic N) is 2. The molecule has 0 atom stereocenters. The highest BCUT2D eigenvalue weighted by atomic mass is 35.5. The number of hydrogen-bond acceptors (Lipinski definition) is 4. The van der Waals surface area contributed by atoms with Gasteiger partial charge in [0.05, 0.1) is 23.0 Å². The van der Waals surface area contributed by atoms with Gasteiger partial charge in [0.2, 0.25) is 5.88 Å². The van der Waals surface area contributed by atoms with Gasteiger partial charge in [0.1, 0.15) is 11.6 Å². The Morgan fingerprint density at radius 2 is 1.96 bits per heavy atom. The molecule has 0 fully saturated rings. The lowest BCUT2D eigenvalue weighted by molar-refractivity contribution is 0.102. The monoisotopic (exact) mass is 392 g/mol. The molecule has 0 saturated heterocycles. The quantitative estimate of drug-likeness (QED) is 0.564. The molecule has 0 saturated carbocycles. The number of hydrogen-bond donors (Lipinski definition) is 0. The smallest absolute Gasteiger partial charge is 0.434 e. The first kappa shape index (κ1) is 18.8. The highest BCUT2D eigenvalue weighted by Gasteiger charge is 2.17. The lowest BCUT2D eigenvalue weighted by atomic mass is 10.1. The van der Waals surface area contributed by atoms with E-state index in [1.807, 2.05) is 0 Å². The maximum absolute atomic E-state index is 13.9. The predicted octanol–water partition coefficient (Wildman–Crippen LogP) is 5.31. The minimum Gasteiger partial charge on any atom is -0.434 e. The first-order valence-corrected chi connectivity index (χ1v) is 8.43. The summed E-state index contributed by atoms with van der Waals surface area (Å²) in [4.78, 5) is 11.6. The van der Waals surface area contributed by atoms with E-state index < -0.39 is 17.8 Å². The van der Waals surface area contributed by atoms with E-state index in [0.29, 0.717) is 22.5 Å². The summed E-state index contributed by atoms with van der Waals surface area (Å²) in [5.74, 6) is -1.06. The molecule has 0 amide bonds. The molecule has 0 aliphatic carbocycles. The van der Waals surface area contributed by atoms with E-state index in [1.54, 1.807) is 19.9 Å². The molecule has 0 unspecified atom stereocenters. The molecular weight excluding hydrogens is 378 g/mol. The third-order valence-electron chi connectivity index (χ3n) is 3.62. The second-order valence-corrected chi connectivity index (χ2v) is 6.09. The Labute approximate surface area is 159 Å². The summed E-state index contributed by atoms with van der Waals surface area (Å²) < 4.78 is 38.5. The molecule has 0 N–H and O–H groups in total. The van der Waals surface area contributed by atoms with E-state index in [-0.39, 0.29) is 17.5 Å². The van der Waals surface area contributed by atoms with E-state index in [9.17, 15) is 13.6 Å². The van der Waals surface area contributed by atoms with Crippen molar-refractivity contribution in [2.24, 2.45) is 0 Å². The summed E-state index contributed by atoms with van der Waals surface area (Å²) >= 11 is 5.86. The molecule has 1 heterocycles. The molecule has 0 aliphatic rings. The SMILES string of the molecule is CCOC(=O)Oc1cc(-c2cc(C)cc(F)c2)n(-c2ccc(F)c(Cl)c2)n1. The fourth-order valence-electron chi connectivity index (χ4n) is 2.55. The van der Waals surface area contributed by atoms with Gasteiger partial charge in [-0.05, 0) is 55.8 Å². The van der Waals surface area contributed by atoms with E-state index in [0.717, 1.165) is 0 Å². The molecule has 3 rings (SSSR count). The van der Waals surface area contributed by atoms with Crippen LogP contribution in [-0.2, 0) is 4.74 Å². The first-order chi connectivity index (χ1) is 12.9. The maximum atomic E-state index is 13.9. The zero-order valence-electron chi connectivity index (χ0n) is 14.5. The van der Waals surface area contributed by atoms with E-state index in [4.69, 9.17) is 21.1 Å². The van der Waals surface area contributed by atoms with Gasteiger partial charge >= 0.3 is 6.16 Å². The van der Waals surface area contributed by atoms with Crippen molar-refractivity contribution in [3.63, 3.8) is 0 Å². The number of carbonyl (C=O) groups is 1. The summed E-state index contributed by atoms with van der Waals surface area (Å²) in [5, 5.41) is 4.10. The Hall–Kier alpha value is -2.93. The normalized spacial score (nSPS) is 10.7. The van der Waals surface area contributed by atoms with Crippen molar-refractivity contribution in [3.8, 4) is 22.8 Å². The van der Waals surface area contributed by atoms with Crippen molar-refractivity contribution < 1.29 is 23.0 Å². The van der Waals surface area contributed by atoms with Gasteiger partial charge in [-0.15, -0.1) is 5.10 Å². The van der Waals surface area contributed by atoms with Crippen molar-refractivity contribution in [1.29, 1.82) is 0 Å². The van der Waals surface area contributed by atoms with Crippen LogP contribution in [0, 0.1) is 18.6 Å². The van der Waals surface area contributed by atoms with Crippen LogP contribution in [-0.4, -0.2) is 22.5 Å². The molecule has 1 aromatic heterocycles. The van der Waals surface area contributed by atoms with Crippen LogP contribution in [0.25, 0.3) is 16.9 Å². The number of aromatic nitrogens is 2. The van der Waals surface area contributed by atoms with E-state index in [2.05, 4.69) is 5.10 Å². The van der Waals surface area contributed by atoms with Crippen LogP contribution in [0.15, 0.2) is 42.5 Å². The van der Waals surface area contributed by atoms with Crippen molar-refractivity contribution >= 4 is 17.8 Å². The number of ether oxygens (including phenoxy) is 2. The average molecular weight is 393 g/mol. The molecule has 0 aliphatic heterocycles. The fourth-order valence-corrected chi connectivity index (χ4v) is 2.72. The van der Waals surface area contributed by atoms with Gasteiger partial charge in [-0.25, -0.2) is 18.3 Å². The van der Waals surface area contributed by atoms with Crippen molar-refractivity contribution in [2.45, 2.75) is 13.8 Å². The lowest BCUT2D eigenvalue weighted by Gasteiger charge is -2.09. The molecule has 3 aromatic rings. The van der Waals surface area contributed by atoms with Crippen LogP contribution in [0.5, 0.6) is 5.88 Å². The van der Waals surface area contributed by atoms with Crippen molar-refractivity contribution in [3.05, 3.63) is 64.7 Å². The van der Waals surface area contributed by atoms with Crippen molar-refractivity contribution in [1.82, 2.24) is 9.78 Å². The standard InChI is InChI=1S/C19H15ClF2N2O3/c1-3-26-19(25)27-18-10-17(12-6-11(2)7-13(21)8-12)24(23-18)14-4-5-16(22)15(20)9-14/h4-10H,3H2,1-2H3. The van der Waals surface area contributed by atoms with E-state index in [1.165, 1.54) is 41.1 Å². The highest BCUT2D eigenvalue weighted by Crippen LogP contribution is 2.30. The van der Waals surface area contributed by atoms with Gasteiger partial charge in [-0.1, -0.05) is 11.6 Å². The Morgan fingerprint density at radius 3 is 2.63 bits per heavy atom. The average Bonchev–Trinajstić information content (AvgIpc) is 3.00. The van der Waals surface area contributed by atoms with Gasteiger partial charge in [0.15, 0.2) is 0 Å². The van der Waals surface area contributed by atoms with Crippen LogP contribution >= 0.6 is 11.6 Å². The summed E-state index contributed by atoms with van der Waals surface area (Å²) in [6.45, 7) is 3.53. The molecular formula is C19H15ClF2N2O3. The number of carbonyl (C=O) groups excluding carboxylic acids is 1. The molecule has 2 aromatic carbocycles. The molecule has 140 valence electrons. The van der Waals surface area contributed by atoms with Crippen molar-refractivity contribution in [2.75, 3.05) is 6.61 Å². The highest BCUT2D eigenvalue weighted by molar-refractivity contribution is 6.30. The van der Waals surface area contributed by atoms with Gasteiger partial charge in [0.25, 0.3) is 0 Å². The topological polar surface area (TPSA) is 53.4 Å². The maximum Gasteiger partial charge on any atom is 0.515 e. The van der Waals surface area contributed by atoms with E-state index >= 15 is 0 Å². The second-order valence-electron chi connectivity index (χ2n) is 5.68. The Morgan fingerprint density at radius 1 is 1.19 bits per heavy atom. The summed E-state index contributed by atoms with van der Waals surface area (Å²) in [6, 6.07) is 9.92. The van der Waals surface area contributed by atoms with Crippen LogP contribution in [0.3, 0.4) is 0 Å². The van der Waals surface area contributed by atoms with Crippen LogP contribution < -0.4 is 4.74 Å². The molecule has 27 heavy (non-hydrogen) atoms. The zero-order valence-corrected chi connectivity index (χ0v) is 15.3. The molecule has 0 spiro atoms. The minimum atomic E-state index is -0.915. The largest absolute Gasteiger partial charge is 0.515 e. The van der Waals surface area contributed by atoms with Gasteiger partial charge in [-0.3, -0.25) is 0 Å². The number of halogens is 3. The van der Waals surface area contributed by atoms with Gasteiger partial charge < -0.3 is 9.47 Å².